The van der Waals surface area contributed by atoms with Crippen molar-refractivity contribution >= 4 is 40.0 Å². The van der Waals surface area contributed by atoms with E-state index in [4.69, 9.17) is 16.2 Å². The summed E-state index contributed by atoms with van der Waals surface area (Å²) in [5, 5.41) is 11.7. The maximum Gasteiger partial charge on any atom is 0.252 e. The second kappa shape index (κ2) is 11.3. The Balaban J connectivity index is 2.00. The number of aromatic nitrogens is 3. The number of amides is 1. The number of anilines is 4. The number of nitrogens with two attached hydrogens (primary N) is 2. The SMILES string of the molecule is CCC[C@@H](Nc1nc(Nc2ccc3c(c2)c(N(C)CCOC)nn3C)c(C(N)=O)cc1F)[C@H](C)N. The first-order valence-corrected chi connectivity index (χ1v) is 11.6. The van der Waals surface area contributed by atoms with Gasteiger partial charge >= 0.3 is 0 Å². The van der Waals surface area contributed by atoms with Crippen molar-refractivity contribution in [3.63, 3.8) is 0 Å². The fourth-order valence-electron chi connectivity index (χ4n) is 3.90. The number of carbonyl (C=O) groups excluding carboxylic acids is 1. The first-order valence-electron chi connectivity index (χ1n) is 11.6. The van der Waals surface area contributed by atoms with Crippen molar-refractivity contribution in [1.82, 2.24) is 14.8 Å². The zero-order valence-electron chi connectivity index (χ0n) is 20.9. The van der Waals surface area contributed by atoms with E-state index in [9.17, 15) is 9.18 Å². The normalized spacial score (nSPS) is 13.0. The standard InChI is InChI=1S/C24H35FN8O2/c1-6-7-19(14(2)26)29-23-18(25)13-17(21(27)34)22(30-23)28-15-8-9-20-16(12-15)24(31-33(20)4)32(3)10-11-35-5/h8-9,12-14,19H,6-7,10-11,26H2,1-5H3,(H2,27,34)(H2,28,29,30)/t14-,19+/m0/s1. The molecule has 1 amide bonds. The van der Waals surface area contributed by atoms with Crippen molar-refractivity contribution in [2.45, 2.75) is 38.8 Å². The molecule has 1 aromatic carbocycles. The fourth-order valence-corrected chi connectivity index (χ4v) is 3.90. The minimum Gasteiger partial charge on any atom is -0.383 e. The zero-order valence-corrected chi connectivity index (χ0v) is 20.9. The van der Waals surface area contributed by atoms with Crippen LogP contribution in [-0.4, -0.2) is 60.1 Å². The third-order valence-corrected chi connectivity index (χ3v) is 5.88. The highest BCUT2D eigenvalue weighted by Gasteiger charge is 2.21. The van der Waals surface area contributed by atoms with Gasteiger partial charge < -0.3 is 31.7 Å². The summed E-state index contributed by atoms with van der Waals surface area (Å²) in [6, 6.07) is 6.37. The first kappa shape index (κ1) is 26.2. The summed E-state index contributed by atoms with van der Waals surface area (Å²) < 4.78 is 21.8. The van der Waals surface area contributed by atoms with Crippen LogP contribution in [0.4, 0.5) is 27.5 Å². The highest BCUT2D eigenvalue weighted by atomic mass is 19.1. The molecule has 0 spiro atoms. The summed E-state index contributed by atoms with van der Waals surface area (Å²) in [6.07, 6.45) is 1.62. The topological polar surface area (TPSA) is 136 Å². The lowest BCUT2D eigenvalue weighted by molar-refractivity contribution is 0.100. The molecule has 2 aromatic heterocycles. The third-order valence-electron chi connectivity index (χ3n) is 5.88. The number of aryl methyl sites for hydroxylation is 1. The summed E-state index contributed by atoms with van der Waals surface area (Å²) in [5.41, 5.74) is 13.1. The average Bonchev–Trinajstić information content (AvgIpc) is 3.14. The number of methoxy groups -OCH3 is 1. The molecule has 10 nitrogen and oxygen atoms in total. The summed E-state index contributed by atoms with van der Waals surface area (Å²) in [6.45, 7) is 5.11. The highest BCUT2D eigenvalue weighted by molar-refractivity contribution is 5.99. The van der Waals surface area contributed by atoms with Crippen molar-refractivity contribution in [3.05, 3.63) is 35.6 Å². The van der Waals surface area contributed by atoms with E-state index in [1.165, 1.54) is 0 Å². The van der Waals surface area contributed by atoms with E-state index in [2.05, 4.69) is 20.7 Å². The van der Waals surface area contributed by atoms with Gasteiger partial charge in [0.15, 0.2) is 17.5 Å². The van der Waals surface area contributed by atoms with Gasteiger partial charge in [0.05, 0.1) is 17.7 Å². The minimum atomic E-state index is -0.787. The number of nitrogens with one attached hydrogen (secondary N) is 2. The number of hydrogen-bond acceptors (Lipinski definition) is 8. The van der Waals surface area contributed by atoms with Gasteiger partial charge in [0.1, 0.15) is 5.82 Å². The van der Waals surface area contributed by atoms with Crippen LogP contribution in [0.1, 0.15) is 37.0 Å². The average molecular weight is 487 g/mol. The van der Waals surface area contributed by atoms with Crippen LogP contribution in [0.2, 0.25) is 0 Å². The number of likely N-dealkylation sites (N-methyl/N-ethyl adjacent to an activating group) is 1. The minimum absolute atomic E-state index is 0.00990. The lowest BCUT2D eigenvalue weighted by atomic mass is 10.1. The summed E-state index contributed by atoms with van der Waals surface area (Å²) in [4.78, 5) is 18.5. The lowest BCUT2D eigenvalue weighted by Gasteiger charge is -2.23. The molecule has 0 fully saturated rings. The number of hydrogen-bond donors (Lipinski definition) is 4. The molecule has 0 aliphatic heterocycles. The Kier molecular flexibility index (Phi) is 8.47. The Labute approximate surface area is 204 Å². The molecule has 0 aliphatic rings. The van der Waals surface area contributed by atoms with Crippen LogP contribution in [0.25, 0.3) is 10.9 Å². The van der Waals surface area contributed by atoms with Gasteiger partial charge in [-0.15, -0.1) is 0 Å². The molecular formula is C24H35FN8O2. The van der Waals surface area contributed by atoms with Crippen LogP contribution in [-0.2, 0) is 11.8 Å². The number of rotatable bonds is 12. The molecule has 0 bridgehead atoms. The van der Waals surface area contributed by atoms with E-state index in [1.54, 1.807) is 11.8 Å². The largest absolute Gasteiger partial charge is 0.383 e. The van der Waals surface area contributed by atoms with E-state index in [1.807, 2.05) is 51.0 Å². The third kappa shape index (κ3) is 5.98. The van der Waals surface area contributed by atoms with Crippen LogP contribution in [0.3, 0.4) is 0 Å². The van der Waals surface area contributed by atoms with E-state index >= 15 is 0 Å². The number of primary amides is 1. The van der Waals surface area contributed by atoms with Crippen LogP contribution in [0.5, 0.6) is 0 Å². The molecule has 0 unspecified atom stereocenters. The number of benzene rings is 1. The van der Waals surface area contributed by atoms with Gasteiger partial charge in [-0.2, -0.15) is 5.10 Å². The maximum atomic E-state index is 14.8. The lowest BCUT2D eigenvalue weighted by Crippen LogP contribution is -2.38. The summed E-state index contributed by atoms with van der Waals surface area (Å²) >= 11 is 0. The zero-order chi connectivity index (χ0) is 25.7. The Morgan fingerprint density at radius 2 is 2.06 bits per heavy atom. The smallest absolute Gasteiger partial charge is 0.252 e. The number of halogens is 1. The Bertz CT molecular complexity index is 1180. The molecule has 2 atom stereocenters. The molecule has 190 valence electrons. The molecule has 35 heavy (non-hydrogen) atoms. The second-order valence-electron chi connectivity index (χ2n) is 8.70. The number of carbonyl (C=O) groups is 1. The summed E-state index contributed by atoms with van der Waals surface area (Å²) in [5.74, 6) is -0.511. The monoisotopic (exact) mass is 486 g/mol. The second-order valence-corrected chi connectivity index (χ2v) is 8.70. The molecule has 0 aliphatic carbocycles. The van der Waals surface area contributed by atoms with E-state index in [-0.39, 0.29) is 29.3 Å². The number of ether oxygens (including phenoxy) is 1. The molecule has 2 heterocycles. The first-order chi connectivity index (χ1) is 16.7. The van der Waals surface area contributed by atoms with Gasteiger partial charge in [-0.25, -0.2) is 9.37 Å². The van der Waals surface area contributed by atoms with Gasteiger partial charge in [-0.1, -0.05) is 13.3 Å². The van der Waals surface area contributed by atoms with Crippen molar-refractivity contribution in [2.75, 3.05) is 42.8 Å². The Hall–Kier alpha value is -3.44. The van der Waals surface area contributed by atoms with Crippen molar-refractivity contribution < 1.29 is 13.9 Å². The van der Waals surface area contributed by atoms with Gasteiger partial charge in [-0.3, -0.25) is 9.48 Å². The Morgan fingerprint density at radius 1 is 1.31 bits per heavy atom. The van der Waals surface area contributed by atoms with Gasteiger partial charge in [0, 0.05) is 50.9 Å². The van der Waals surface area contributed by atoms with E-state index in [0.717, 1.165) is 35.6 Å². The van der Waals surface area contributed by atoms with E-state index in [0.29, 0.717) is 18.8 Å². The predicted molar refractivity (Wildman–Crippen MR) is 138 cm³/mol. The number of nitrogens with zero attached hydrogens (tertiary/aromatic N) is 4. The molecule has 0 saturated heterocycles. The quantitative estimate of drug-likeness (QED) is 0.307. The maximum absolute atomic E-state index is 14.8. The number of pyridine rings is 1. The van der Waals surface area contributed by atoms with Crippen molar-refractivity contribution in [2.24, 2.45) is 18.5 Å². The van der Waals surface area contributed by atoms with Crippen LogP contribution < -0.4 is 27.0 Å². The van der Waals surface area contributed by atoms with E-state index < -0.39 is 11.7 Å². The molecule has 11 heteroatoms. The molecule has 0 saturated carbocycles. The fraction of sp³-hybridized carbons (Fsp3) is 0.458. The molecular weight excluding hydrogens is 451 g/mol. The van der Waals surface area contributed by atoms with Crippen LogP contribution >= 0.6 is 0 Å². The van der Waals surface area contributed by atoms with Crippen molar-refractivity contribution in [3.8, 4) is 0 Å². The Morgan fingerprint density at radius 3 is 2.69 bits per heavy atom. The van der Waals surface area contributed by atoms with Crippen molar-refractivity contribution in [1.29, 1.82) is 0 Å². The van der Waals surface area contributed by atoms with Crippen LogP contribution in [0.15, 0.2) is 24.3 Å². The van der Waals surface area contributed by atoms with Gasteiger partial charge in [0.25, 0.3) is 5.91 Å². The molecule has 3 aromatic rings. The summed E-state index contributed by atoms with van der Waals surface area (Å²) in [7, 11) is 5.47. The van der Waals surface area contributed by atoms with Gasteiger partial charge in [0.2, 0.25) is 0 Å². The predicted octanol–water partition coefficient (Wildman–Crippen LogP) is 2.96. The van der Waals surface area contributed by atoms with Gasteiger partial charge in [-0.05, 0) is 37.6 Å². The molecule has 6 N–H and O–H groups in total. The van der Waals surface area contributed by atoms with Crippen LogP contribution in [0, 0.1) is 5.82 Å². The molecule has 3 rings (SSSR count). The molecule has 0 radical (unpaired) electrons. The highest BCUT2D eigenvalue weighted by Crippen LogP contribution is 2.30. The number of fused-ring (bicyclic) bond motifs is 1.